The van der Waals surface area contributed by atoms with Crippen molar-refractivity contribution in [2.45, 2.75) is 46.1 Å². The SMILES string of the molecule is C=O.CC(C)Nc1ncc(-c2cc(N)cc(C(=O)NCc3ccccc3)c2)n(CC(=O)NCc2ccc(/C(N)=N/C(=O)OCc3ccccc3)c(O)c2)c1=O. The minimum atomic E-state index is -0.916. The minimum absolute atomic E-state index is 0.0104. The first-order chi connectivity index (χ1) is 26.5. The normalized spacial score (nSPS) is 10.9. The summed E-state index contributed by atoms with van der Waals surface area (Å²) in [4.78, 5) is 68.3. The molecule has 0 aliphatic rings. The van der Waals surface area contributed by atoms with Gasteiger partial charge in [0.2, 0.25) is 5.91 Å². The van der Waals surface area contributed by atoms with Crippen molar-refractivity contribution in [3.63, 3.8) is 0 Å². The predicted octanol–water partition coefficient (Wildman–Crippen LogP) is 4.12. The van der Waals surface area contributed by atoms with E-state index in [2.05, 4.69) is 25.9 Å². The number of amides is 3. The molecule has 1 aromatic heterocycles. The van der Waals surface area contributed by atoms with Gasteiger partial charge in [-0.2, -0.15) is 4.99 Å². The molecule has 0 aliphatic carbocycles. The highest BCUT2D eigenvalue weighted by Gasteiger charge is 2.18. The quantitative estimate of drug-likeness (QED) is 0.0570. The molecule has 15 nitrogen and oxygen atoms in total. The van der Waals surface area contributed by atoms with Gasteiger partial charge in [-0.25, -0.2) is 9.78 Å². The van der Waals surface area contributed by atoms with Crippen molar-refractivity contribution in [3.05, 3.63) is 141 Å². The molecular weight excluding hydrogens is 704 g/mol. The molecule has 0 unspecified atom stereocenters. The van der Waals surface area contributed by atoms with Crippen molar-refractivity contribution in [2.24, 2.45) is 10.7 Å². The molecule has 55 heavy (non-hydrogen) atoms. The van der Waals surface area contributed by atoms with Gasteiger partial charge in [-0.1, -0.05) is 66.7 Å². The Morgan fingerprint density at radius 2 is 1.55 bits per heavy atom. The third-order valence-electron chi connectivity index (χ3n) is 7.84. The number of nitrogens with zero attached hydrogens (tertiary/aromatic N) is 3. The average Bonchev–Trinajstić information content (AvgIpc) is 3.18. The number of amidine groups is 1. The Morgan fingerprint density at radius 3 is 2.20 bits per heavy atom. The first-order valence-electron chi connectivity index (χ1n) is 17.0. The summed E-state index contributed by atoms with van der Waals surface area (Å²) in [6, 6.07) is 27.5. The molecule has 0 bridgehead atoms. The Bertz CT molecular complexity index is 2210. The van der Waals surface area contributed by atoms with Gasteiger partial charge in [0.25, 0.3) is 11.5 Å². The Balaban J connectivity index is 0.00000331. The van der Waals surface area contributed by atoms with Crippen LogP contribution in [0, 0.1) is 0 Å². The summed E-state index contributed by atoms with van der Waals surface area (Å²) in [5.74, 6) is -1.36. The number of anilines is 2. The van der Waals surface area contributed by atoms with Crippen LogP contribution in [0.2, 0.25) is 0 Å². The van der Waals surface area contributed by atoms with Crippen molar-refractivity contribution >= 4 is 42.0 Å². The van der Waals surface area contributed by atoms with Crippen LogP contribution in [-0.4, -0.2) is 51.2 Å². The molecule has 0 aliphatic heterocycles. The zero-order valence-corrected chi connectivity index (χ0v) is 30.3. The first-order valence-corrected chi connectivity index (χ1v) is 17.0. The number of nitrogens with one attached hydrogen (secondary N) is 3. The summed E-state index contributed by atoms with van der Waals surface area (Å²) in [7, 11) is 0. The zero-order chi connectivity index (χ0) is 39.9. The second-order valence-corrected chi connectivity index (χ2v) is 12.4. The monoisotopic (exact) mass is 746 g/mol. The zero-order valence-electron chi connectivity index (χ0n) is 30.3. The second kappa shape index (κ2) is 19.5. The molecule has 8 N–H and O–H groups in total. The third kappa shape index (κ3) is 11.6. The van der Waals surface area contributed by atoms with Gasteiger partial charge in [-0.05, 0) is 60.9 Å². The number of nitrogen functional groups attached to an aromatic ring is 1. The number of ether oxygens (including phenoxy) is 1. The van der Waals surface area contributed by atoms with Gasteiger partial charge in [0.15, 0.2) is 5.82 Å². The number of aromatic nitrogens is 2. The molecule has 0 saturated carbocycles. The van der Waals surface area contributed by atoms with E-state index in [1.165, 1.54) is 29.0 Å². The van der Waals surface area contributed by atoms with Gasteiger partial charge in [-0.3, -0.25) is 19.0 Å². The van der Waals surface area contributed by atoms with E-state index in [9.17, 15) is 24.3 Å². The molecule has 0 atom stereocenters. The second-order valence-electron chi connectivity index (χ2n) is 12.4. The van der Waals surface area contributed by atoms with Crippen molar-refractivity contribution < 1.29 is 29.0 Å². The Kier molecular flexibility index (Phi) is 14.4. The van der Waals surface area contributed by atoms with Crippen LogP contribution in [-0.2, 0) is 40.6 Å². The lowest BCUT2D eigenvalue weighted by atomic mass is 10.1. The van der Waals surface area contributed by atoms with Crippen LogP contribution >= 0.6 is 0 Å². The molecule has 1 heterocycles. The number of hydrogen-bond donors (Lipinski definition) is 6. The fraction of sp³-hybridized carbons (Fsp3) is 0.175. The van der Waals surface area contributed by atoms with Crippen LogP contribution < -0.4 is 33.0 Å². The number of rotatable bonds is 13. The van der Waals surface area contributed by atoms with Crippen molar-refractivity contribution in [1.82, 2.24) is 20.2 Å². The van der Waals surface area contributed by atoms with Gasteiger partial charge in [0.05, 0.1) is 17.5 Å². The highest BCUT2D eigenvalue weighted by molar-refractivity contribution is 6.04. The minimum Gasteiger partial charge on any atom is -0.507 e. The summed E-state index contributed by atoms with van der Waals surface area (Å²) in [6.45, 7) is 5.60. The fourth-order valence-corrected chi connectivity index (χ4v) is 5.27. The lowest BCUT2D eigenvalue weighted by molar-refractivity contribution is -0.121. The number of benzene rings is 4. The third-order valence-corrected chi connectivity index (χ3v) is 7.84. The van der Waals surface area contributed by atoms with Crippen LogP contribution in [0.4, 0.5) is 16.3 Å². The standard InChI is InChI=1S/C39H40N8O6.CH2O/c1-24(2)45-36-38(51)47(32(21-43-36)28-16-29(18-30(40)17-28)37(50)44-19-25-9-5-3-6-10-25)22-34(49)42-20-27-13-14-31(33(48)15-27)35(41)46-39(52)53-23-26-11-7-4-8-12-26;1-2/h3-18,21,24,48H,19-20,22-23,40H2,1-2H3,(H,42,49)(H,43,45)(H,44,50)(H2,41,46,52);1H2. The number of carbonyl (C=O) groups excluding carboxylic acids is 4. The van der Waals surface area contributed by atoms with Gasteiger partial charge in [0.1, 0.15) is 31.5 Å². The molecule has 0 radical (unpaired) electrons. The maximum absolute atomic E-state index is 13.7. The largest absolute Gasteiger partial charge is 0.507 e. The average molecular weight is 747 g/mol. The maximum Gasteiger partial charge on any atom is 0.435 e. The Labute approximate surface area is 317 Å². The smallest absolute Gasteiger partial charge is 0.435 e. The molecule has 0 saturated heterocycles. The van der Waals surface area contributed by atoms with E-state index in [0.29, 0.717) is 17.7 Å². The van der Waals surface area contributed by atoms with Gasteiger partial charge >= 0.3 is 6.09 Å². The van der Waals surface area contributed by atoms with Gasteiger partial charge in [-0.15, -0.1) is 0 Å². The van der Waals surface area contributed by atoms with E-state index in [0.717, 1.165) is 11.1 Å². The first kappa shape index (κ1) is 40.5. The summed E-state index contributed by atoms with van der Waals surface area (Å²) in [6.07, 6.45) is 0.528. The molecule has 0 fully saturated rings. The molecule has 284 valence electrons. The summed E-state index contributed by atoms with van der Waals surface area (Å²) in [5, 5.41) is 19.3. The van der Waals surface area contributed by atoms with E-state index < -0.39 is 24.1 Å². The number of aliphatic imine (C=N–C) groups is 1. The predicted molar refractivity (Wildman–Crippen MR) is 209 cm³/mol. The number of aromatic hydroxyl groups is 1. The molecule has 15 heteroatoms. The molecule has 5 rings (SSSR count). The summed E-state index contributed by atoms with van der Waals surface area (Å²) < 4.78 is 6.38. The highest BCUT2D eigenvalue weighted by Crippen LogP contribution is 2.24. The van der Waals surface area contributed by atoms with Crippen LogP contribution in [0.15, 0.2) is 113 Å². The van der Waals surface area contributed by atoms with Crippen LogP contribution in [0.3, 0.4) is 0 Å². The lowest BCUT2D eigenvalue weighted by Crippen LogP contribution is -2.35. The van der Waals surface area contributed by atoms with E-state index in [1.54, 1.807) is 30.3 Å². The van der Waals surface area contributed by atoms with Crippen LogP contribution in [0.1, 0.15) is 46.5 Å². The number of phenols is 1. The Hall–Kier alpha value is -7.29. The van der Waals surface area contributed by atoms with Gasteiger partial charge < -0.3 is 42.1 Å². The summed E-state index contributed by atoms with van der Waals surface area (Å²) in [5.41, 5.74) is 15.1. The van der Waals surface area contributed by atoms with Crippen molar-refractivity contribution in [3.8, 4) is 17.0 Å². The molecular formula is C40H42N8O7. The maximum atomic E-state index is 13.7. The Morgan fingerprint density at radius 1 is 0.891 bits per heavy atom. The van der Waals surface area contributed by atoms with E-state index in [4.69, 9.17) is 21.0 Å². The van der Waals surface area contributed by atoms with E-state index >= 15 is 0 Å². The molecule has 5 aromatic rings. The number of phenolic OH excluding ortho intramolecular Hbond substituents is 1. The number of carbonyl (C=O) groups is 4. The van der Waals surface area contributed by atoms with Gasteiger partial charge in [0, 0.05) is 35.9 Å². The van der Waals surface area contributed by atoms with Crippen LogP contribution in [0.25, 0.3) is 11.3 Å². The molecule has 0 spiro atoms. The molecule has 4 aromatic carbocycles. The van der Waals surface area contributed by atoms with Crippen LogP contribution in [0.5, 0.6) is 5.75 Å². The number of hydrogen-bond acceptors (Lipinski definition) is 10. The van der Waals surface area contributed by atoms with E-state index in [-0.39, 0.29) is 65.0 Å². The molecule has 3 amide bonds. The number of nitrogens with two attached hydrogens (primary N) is 2. The highest BCUT2D eigenvalue weighted by atomic mass is 16.5. The fourth-order valence-electron chi connectivity index (χ4n) is 5.27. The topological polar surface area (TPSA) is 233 Å². The van der Waals surface area contributed by atoms with E-state index in [1.807, 2.05) is 69.2 Å². The van der Waals surface area contributed by atoms with Crippen molar-refractivity contribution in [1.29, 1.82) is 0 Å². The summed E-state index contributed by atoms with van der Waals surface area (Å²) >= 11 is 0. The van der Waals surface area contributed by atoms with Crippen molar-refractivity contribution in [2.75, 3.05) is 11.1 Å². The lowest BCUT2D eigenvalue weighted by Gasteiger charge is -2.17.